The third kappa shape index (κ3) is 2.89. The van der Waals surface area contributed by atoms with Gasteiger partial charge in [0.2, 0.25) is 0 Å². The Bertz CT molecular complexity index is 590. The second-order valence-electron chi connectivity index (χ2n) is 4.36. The van der Waals surface area contributed by atoms with E-state index in [1.807, 2.05) is 0 Å². The van der Waals surface area contributed by atoms with Crippen LogP contribution in [0.5, 0.6) is 0 Å². The van der Waals surface area contributed by atoms with E-state index in [9.17, 15) is 18.0 Å². The van der Waals surface area contributed by atoms with Crippen molar-refractivity contribution >= 4 is 5.78 Å². The first-order valence-electron chi connectivity index (χ1n) is 6.14. The lowest BCUT2D eigenvalue weighted by molar-refractivity contribution is -0.137. The minimum atomic E-state index is -4.45. The van der Waals surface area contributed by atoms with Crippen molar-refractivity contribution in [1.82, 2.24) is 9.78 Å². The number of hydrogen-bond donors (Lipinski definition) is 0. The summed E-state index contributed by atoms with van der Waals surface area (Å²) in [5.74, 6) is -0.245. The number of Topliss-reactive ketones (excluding diaryl/α,β-unsaturated/α-hetero) is 1. The van der Waals surface area contributed by atoms with Crippen molar-refractivity contribution in [2.75, 3.05) is 0 Å². The van der Waals surface area contributed by atoms with Gasteiger partial charge >= 0.3 is 6.18 Å². The Hall–Kier alpha value is -2.11. The molecule has 0 amide bonds. The van der Waals surface area contributed by atoms with E-state index in [1.165, 1.54) is 0 Å². The van der Waals surface area contributed by atoms with Gasteiger partial charge in [-0.25, -0.2) is 0 Å². The molecule has 1 heterocycles. The number of carbonyl (C=O) groups is 1. The monoisotopic (exact) mass is 282 g/mol. The summed E-state index contributed by atoms with van der Waals surface area (Å²) in [7, 11) is 0. The molecule has 1 aromatic heterocycles. The molecule has 0 aliphatic rings. The van der Waals surface area contributed by atoms with Crippen molar-refractivity contribution in [3.8, 4) is 0 Å². The molecular formula is C14H13F3N2O. The van der Waals surface area contributed by atoms with Gasteiger partial charge in [-0.1, -0.05) is 37.3 Å². The molecule has 0 aliphatic carbocycles. The van der Waals surface area contributed by atoms with E-state index < -0.39 is 17.8 Å². The Kier molecular flexibility index (Phi) is 3.92. The molecular weight excluding hydrogens is 269 g/mol. The highest BCUT2D eigenvalue weighted by Crippen LogP contribution is 2.30. The molecule has 3 nitrogen and oxygen atoms in total. The minimum Gasteiger partial charge on any atom is -0.292 e. The van der Waals surface area contributed by atoms with Gasteiger partial charge in [0, 0.05) is 11.8 Å². The Labute approximate surface area is 114 Å². The number of halogens is 3. The second-order valence-corrected chi connectivity index (χ2v) is 4.36. The SMILES string of the molecule is CCC(C(=O)c1ccccc1)n1cc(C(F)(F)F)cn1. The lowest BCUT2D eigenvalue weighted by Gasteiger charge is -2.14. The summed E-state index contributed by atoms with van der Waals surface area (Å²) in [6, 6.07) is 7.74. The van der Waals surface area contributed by atoms with Gasteiger partial charge in [-0.05, 0) is 6.42 Å². The molecule has 2 aromatic rings. The highest BCUT2D eigenvalue weighted by molar-refractivity contribution is 5.98. The summed E-state index contributed by atoms with van der Waals surface area (Å²) in [6.07, 6.45) is -2.48. The van der Waals surface area contributed by atoms with E-state index in [4.69, 9.17) is 0 Å². The van der Waals surface area contributed by atoms with Crippen molar-refractivity contribution < 1.29 is 18.0 Å². The topological polar surface area (TPSA) is 34.9 Å². The molecule has 1 atom stereocenters. The van der Waals surface area contributed by atoms with E-state index in [1.54, 1.807) is 37.3 Å². The number of hydrogen-bond acceptors (Lipinski definition) is 2. The molecule has 0 radical (unpaired) electrons. The summed E-state index contributed by atoms with van der Waals surface area (Å²) in [5, 5.41) is 3.68. The first-order chi connectivity index (χ1) is 9.43. The average Bonchev–Trinajstić information content (AvgIpc) is 2.90. The van der Waals surface area contributed by atoms with Crippen LogP contribution in [0.1, 0.15) is 35.3 Å². The normalized spacial score (nSPS) is 13.2. The number of carbonyl (C=O) groups excluding carboxylic acids is 1. The number of alkyl halides is 3. The van der Waals surface area contributed by atoms with Crippen LogP contribution in [0.3, 0.4) is 0 Å². The zero-order valence-electron chi connectivity index (χ0n) is 10.8. The Morgan fingerprint density at radius 3 is 2.45 bits per heavy atom. The third-order valence-corrected chi connectivity index (χ3v) is 3.00. The van der Waals surface area contributed by atoms with Gasteiger partial charge in [-0.15, -0.1) is 0 Å². The third-order valence-electron chi connectivity index (χ3n) is 3.00. The summed E-state index contributed by atoms with van der Waals surface area (Å²) < 4.78 is 38.7. The second kappa shape index (κ2) is 5.48. The highest BCUT2D eigenvalue weighted by atomic mass is 19.4. The number of rotatable bonds is 4. The molecule has 0 saturated carbocycles. The molecule has 1 aromatic carbocycles. The minimum absolute atomic E-state index is 0.245. The van der Waals surface area contributed by atoms with E-state index in [0.717, 1.165) is 17.1 Å². The first-order valence-corrected chi connectivity index (χ1v) is 6.14. The van der Waals surface area contributed by atoms with Gasteiger partial charge in [0.05, 0.1) is 11.8 Å². The zero-order valence-corrected chi connectivity index (χ0v) is 10.8. The lowest BCUT2D eigenvalue weighted by Crippen LogP contribution is -2.19. The van der Waals surface area contributed by atoms with Gasteiger partial charge in [-0.2, -0.15) is 18.3 Å². The molecule has 0 spiro atoms. The van der Waals surface area contributed by atoms with Gasteiger partial charge in [0.15, 0.2) is 5.78 Å². The average molecular weight is 282 g/mol. The fourth-order valence-electron chi connectivity index (χ4n) is 1.94. The first kappa shape index (κ1) is 14.3. The summed E-state index contributed by atoms with van der Waals surface area (Å²) in [5.41, 5.74) is -0.389. The van der Waals surface area contributed by atoms with Crippen LogP contribution in [0.25, 0.3) is 0 Å². The summed E-state index contributed by atoms with van der Waals surface area (Å²) in [4.78, 5) is 12.3. The maximum absolute atomic E-state index is 12.6. The van der Waals surface area contributed by atoms with Crippen LogP contribution in [0.2, 0.25) is 0 Å². The quantitative estimate of drug-likeness (QED) is 0.801. The van der Waals surface area contributed by atoms with Crippen molar-refractivity contribution in [1.29, 1.82) is 0 Å². The van der Waals surface area contributed by atoms with E-state index >= 15 is 0 Å². The smallest absolute Gasteiger partial charge is 0.292 e. The molecule has 0 saturated heterocycles. The molecule has 0 N–H and O–H groups in total. The maximum Gasteiger partial charge on any atom is 0.419 e. The Morgan fingerprint density at radius 1 is 1.30 bits per heavy atom. The predicted molar refractivity (Wildman–Crippen MR) is 67.3 cm³/mol. The van der Waals surface area contributed by atoms with Crippen molar-refractivity contribution in [2.45, 2.75) is 25.6 Å². The number of benzene rings is 1. The maximum atomic E-state index is 12.6. The van der Waals surface area contributed by atoms with Gasteiger partial charge < -0.3 is 0 Å². The van der Waals surface area contributed by atoms with Crippen LogP contribution in [0, 0.1) is 0 Å². The van der Waals surface area contributed by atoms with E-state index in [2.05, 4.69) is 5.10 Å². The predicted octanol–water partition coefficient (Wildman–Crippen LogP) is 3.74. The van der Waals surface area contributed by atoms with Crippen LogP contribution in [-0.2, 0) is 6.18 Å². The molecule has 1 unspecified atom stereocenters. The largest absolute Gasteiger partial charge is 0.419 e. The van der Waals surface area contributed by atoms with Crippen LogP contribution < -0.4 is 0 Å². The Morgan fingerprint density at radius 2 is 1.95 bits per heavy atom. The number of nitrogens with zero attached hydrogens (tertiary/aromatic N) is 2. The molecule has 2 rings (SSSR count). The van der Waals surface area contributed by atoms with Crippen LogP contribution >= 0.6 is 0 Å². The lowest BCUT2D eigenvalue weighted by atomic mass is 10.0. The summed E-state index contributed by atoms with van der Waals surface area (Å²) >= 11 is 0. The molecule has 0 bridgehead atoms. The molecule has 0 aliphatic heterocycles. The van der Waals surface area contributed by atoms with E-state index in [-0.39, 0.29) is 5.78 Å². The summed E-state index contributed by atoms with van der Waals surface area (Å²) in [6.45, 7) is 1.74. The fourth-order valence-corrected chi connectivity index (χ4v) is 1.94. The van der Waals surface area contributed by atoms with E-state index in [0.29, 0.717) is 12.0 Å². The molecule has 106 valence electrons. The van der Waals surface area contributed by atoms with Crippen molar-refractivity contribution in [2.24, 2.45) is 0 Å². The Balaban J connectivity index is 2.29. The fraction of sp³-hybridized carbons (Fsp3) is 0.286. The van der Waals surface area contributed by atoms with Crippen molar-refractivity contribution in [3.05, 3.63) is 53.9 Å². The van der Waals surface area contributed by atoms with Crippen molar-refractivity contribution in [3.63, 3.8) is 0 Å². The molecule has 6 heteroatoms. The van der Waals surface area contributed by atoms with Gasteiger partial charge in [-0.3, -0.25) is 9.48 Å². The van der Waals surface area contributed by atoms with Gasteiger partial charge in [0.1, 0.15) is 6.04 Å². The number of ketones is 1. The molecule has 0 fully saturated rings. The van der Waals surface area contributed by atoms with Crippen LogP contribution in [0.4, 0.5) is 13.2 Å². The van der Waals surface area contributed by atoms with Gasteiger partial charge in [0.25, 0.3) is 0 Å². The molecule has 20 heavy (non-hydrogen) atoms. The van der Waals surface area contributed by atoms with Crippen LogP contribution in [-0.4, -0.2) is 15.6 Å². The van der Waals surface area contributed by atoms with Crippen LogP contribution in [0.15, 0.2) is 42.7 Å². The number of aromatic nitrogens is 2. The standard InChI is InChI=1S/C14H13F3N2O/c1-2-12(13(20)10-6-4-3-5-7-10)19-9-11(8-18-19)14(15,16)17/h3-9,12H,2H2,1H3. The highest BCUT2D eigenvalue weighted by Gasteiger charge is 2.33. The zero-order chi connectivity index (χ0) is 14.8.